The Balaban J connectivity index is 2.24. The van der Waals surface area contributed by atoms with Crippen molar-refractivity contribution < 1.29 is 22.8 Å². The molecule has 10 heteroatoms. The third kappa shape index (κ3) is 2.35. The van der Waals surface area contributed by atoms with Gasteiger partial charge in [-0.3, -0.25) is 9.69 Å². The van der Waals surface area contributed by atoms with Crippen LogP contribution in [0.3, 0.4) is 0 Å². The molecule has 3 N–H and O–H groups in total. The predicted molar refractivity (Wildman–Crippen MR) is 74.6 cm³/mol. The molecule has 2 aromatic heterocycles. The van der Waals surface area contributed by atoms with Crippen molar-refractivity contribution >= 4 is 28.8 Å². The number of nitrogens with zero attached hydrogens (tertiary/aromatic N) is 3. The zero-order chi connectivity index (χ0) is 16.9. The number of halogens is 3. The standard InChI is InChI=1S/C13H12F3N5O2/c1-20-3-2-6-7(13(14,15)16)4-9(19-11(6)20)21-8(10(17)22)5-18-12(21)23/h2-4,8H,5H2,1H3,(H2,17,22)(H,18,23). The summed E-state index contributed by atoms with van der Waals surface area (Å²) in [4.78, 5) is 28.3. The second kappa shape index (κ2) is 4.86. The van der Waals surface area contributed by atoms with E-state index < -0.39 is 29.7 Å². The van der Waals surface area contributed by atoms with Crippen LogP contribution in [0.4, 0.5) is 23.8 Å². The number of aryl methyl sites for hydroxylation is 1. The highest BCUT2D eigenvalue weighted by Gasteiger charge is 2.40. The molecular formula is C13H12F3N5O2. The molecule has 122 valence electrons. The maximum absolute atomic E-state index is 13.3. The Morgan fingerprint density at radius 2 is 2.17 bits per heavy atom. The van der Waals surface area contributed by atoms with E-state index in [2.05, 4.69) is 10.3 Å². The van der Waals surface area contributed by atoms with Gasteiger partial charge in [0.15, 0.2) is 0 Å². The van der Waals surface area contributed by atoms with E-state index in [1.807, 2.05) is 0 Å². The molecule has 1 saturated heterocycles. The number of pyridine rings is 1. The van der Waals surface area contributed by atoms with Crippen LogP contribution in [-0.2, 0) is 18.0 Å². The topological polar surface area (TPSA) is 93.3 Å². The minimum Gasteiger partial charge on any atom is -0.368 e. The first-order chi connectivity index (χ1) is 10.7. The van der Waals surface area contributed by atoms with E-state index in [0.29, 0.717) is 0 Å². The fraction of sp³-hybridized carbons (Fsp3) is 0.308. The molecule has 2 aromatic rings. The first-order valence-electron chi connectivity index (χ1n) is 6.60. The fourth-order valence-corrected chi connectivity index (χ4v) is 2.57. The van der Waals surface area contributed by atoms with Crippen molar-refractivity contribution in [1.82, 2.24) is 14.9 Å². The average molecular weight is 327 g/mol. The number of hydrogen-bond acceptors (Lipinski definition) is 3. The largest absolute Gasteiger partial charge is 0.417 e. The molecule has 3 amide bonds. The fourth-order valence-electron chi connectivity index (χ4n) is 2.57. The maximum Gasteiger partial charge on any atom is 0.417 e. The summed E-state index contributed by atoms with van der Waals surface area (Å²) in [5.41, 5.74) is 4.33. The minimum atomic E-state index is -4.63. The maximum atomic E-state index is 13.3. The number of fused-ring (bicyclic) bond motifs is 1. The van der Waals surface area contributed by atoms with Crippen LogP contribution in [0, 0.1) is 0 Å². The molecule has 3 heterocycles. The highest BCUT2D eigenvalue weighted by molar-refractivity contribution is 6.02. The number of nitrogens with two attached hydrogens (primary N) is 1. The molecule has 23 heavy (non-hydrogen) atoms. The summed E-state index contributed by atoms with van der Waals surface area (Å²) in [5, 5.41) is 2.29. The van der Waals surface area contributed by atoms with Gasteiger partial charge in [-0.2, -0.15) is 13.2 Å². The quantitative estimate of drug-likeness (QED) is 0.861. The Morgan fingerprint density at radius 1 is 1.48 bits per heavy atom. The van der Waals surface area contributed by atoms with Crippen molar-refractivity contribution in [2.24, 2.45) is 12.8 Å². The molecule has 1 aliphatic rings. The lowest BCUT2D eigenvalue weighted by Crippen LogP contribution is -2.44. The highest BCUT2D eigenvalue weighted by atomic mass is 19.4. The molecule has 1 unspecified atom stereocenters. The smallest absolute Gasteiger partial charge is 0.368 e. The van der Waals surface area contributed by atoms with Gasteiger partial charge in [-0.1, -0.05) is 0 Å². The normalized spacial score (nSPS) is 18.5. The summed E-state index contributed by atoms with van der Waals surface area (Å²) >= 11 is 0. The van der Waals surface area contributed by atoms with Crippen molar-refractivity contribution in [2.45, 2.75) is 12.2 Å². The number of carbonyl (C=O) groups excluding carboxylic acids is 2. The minimum absolute atomic E-state index is 0.0535. The van der Waals surface area contributed by atoms with Gasteiger partial charge < -0.3 is 15.6 Å². The lowest BCUT2D eigenvalue weighted by molar-refractivity contribution is -0.136. The van der Waals surface area contributed by atoms with Crippen LogP contribution in [0.1, 0.15) is 5.56 Å². The van der Waals surface area contributed by atoms with Crippen LogP contribution in [0.25, 0.3) is 11.0 Å². The van der Waals surface area contributed by atoms with Crippen molar-refractivity contribution in [3.8, 4) is 0 Å². The zero-order valence-electron chi connectivity index (χ0n) is 11.9. The SMILES string of the molecule is Cn1ccc2c(C(F)(F)F)cc(N3C(=O)NCC3C(N)=O)nc21. The number of carbonyl (C=O) groups is 2. The lowest BCUT2D eigenvalue weighted by Gasteiger charge is -2.21. The Labute approximate surface area is 127 Å². The molecule has 0 spiro atoms. The van der Waals surface area contributed by atoms with E-state index in [4.69, 9.17) is 5.73 Å². The summed E-state index contributed by atoms with van der Waals surface area (Å²) in [5.74, 6) is -1.10. The van der Waals surface area contributed by atoms with Crippen LogP contribution < -0.4 is 16.0 Å². The van der Waals surface area contributed by atoms with Crippen LogP contribution >= 0.6 is 0 Å². The second-order valence-corrected chi connectivity index (χ2v) is 5.16. The van der Waals surface area contributed by atoms with Gasteiger partial charge in [0.25, 0.3) is 0 Å². The first-order valence-corrected chi connectivity index (χ1v) is 6.60. The number of hydrogen-bond donors (Lipinski definition) is 2. The summed E-state index contributed by atoms with van der Waals surface area (Å²) < 4.78 is 41.3. The van der Waals surface area contributed by atoms with Crippen LogP contribution in [-0.4, -0.2) is 34.1 Å². The van der Waals surface area contributed by atoms with Crippen LogP contribution in [0.2, 0.25) is 0 Å². The lowest BCUT2D eigenvalue weighted by atomic mass is 10.1. The summed E-state index contributed by atoms with van der Waals surface area (Å²) in [6.07, 6.45) is -3.19. The highest BCUT2D eigenvalue weighted by Crippen LogP contribution is 2.37. The Hall–Kier alpha value is -2.78. The molecule has 1 aliphatic heterocycles. The van der Waals surface area contributed by atoms with Crippen molar-refractivity contribution in [1.29, 1.82) is 0 Å². The number of rotatable bonds is 2. The molecule has 7 nitrogen and oxygen atoms in total. The monoisotopic (exact) mass is 327 g/mol. The molecule has 0 aliphatic carbocycles. The van der Waals surface area contributed by atoms with E-state index in [1.165, 1.54) is 23.9 Å². The van der Waals surface area contributed by atoms with E-state index >= 15 is 0 Å². The molecule has 0 saturated carbocycles. The van der Waals surface area contributed by atoms with Gasteiger partial charge in [0.1, 0.15) is 17.5 Å². The van der Waals surface area contributed by atoms with E-state index in [9.17, 15) is 22.8 Å². The molecule has 0 bridgehead atoms. The average Bonchev–Trinajstić information content (AvgIpc) is 3.01. The van der Waals surface area contributed by atoms with Crippen molar-refractivity contribution in [3.05, 3.63) is 23.9 Å². The predicted octanol–water partition coefficient (Wildman–Crippen LogP) is 0.976. The van der Waals surface area contributed by atoms with Gasteiger partial charge in [-0.15, -0.1) is 0 Å². The molecule has 1 fully saturated rings. The second-order valence-electron chi connectivity index (χ2n) is 5.16. The zero-order valence-corrected chi connectivity index (χ0v) is 11.9. The van der Waals surface area contributed by atoms with Gasteiger partial charge in [0, 0.05) is 25.2 Å². The molecule has 3 rings (SSSR count). The van der Waals surface area contributed by atoms with E-state index in [1.54, 1.807) is 0 Å². The van der Waals surface area contributed by atoms with Crippen LogP contribution in [0.5, 0.6) is 0 Å². The number of anilines is 1. The number of amides is 3. The van der Waals surface area contributed by atoms with Gasteiger partial charge in [0.2, 0.25) is 5.91 Å². The van der Waals surface area contributed by atoms with Gasteiger partial charge >= 0.3 is 12.2 Å². The van der Waals surface area contributed by atoms with Crippen LogP contribution in [0.15, 0.2) is 18.3 Å². The Kier molecular flexibility index (Phi) is 3.20. The number of primary amides is 1. The Bertz CT molecular complexity index is 814. The molecule has 0 aromatic carbocycles. The van der Waals surface area contributed by atoms with Gasteiger partial charge in [0.05, 0.1) is 5.56 Å². The van der Waals surface area contributed by atoms with Crippen molar-refractivity contribution in [2.75, 3.05) is 11.4 Å². The number of nitrogens with one attached hydrogen (secondary N) is 1. The first kappa shape index (κ1) is 15.1. The van der Waals surface area contributed by atoms with E-state index in [-0.39, 0.29) is 23.4 Å². The Morgan fingerprint density at radius 3 is 2.78 bits per heavy atom. The third-order valence-corrected chi connectivity index (χ3v) is 3.68. The summed E-state index contributed by atoms with van der Waals surface area (Å²) in [7, 11) is 1.54. The van der Waals surface area contributed by atoms with Crippen molar-refractivity contribution in [3.63, 3.8) is 0 Å². The summed E-state index contributed by atoms with van der Waals surface area (Å²) in [6, 6.07) is 0.241. The number of alkyl halides is 3. The number of aromatic nitrogens is 2. The molecular weight excluding hydrogens is 315 g/mol. The van der Waals surface area contributed by atoms with Gasteiger partial charge in [-0.05, 0) is 12.1 Å². The molecule has 1 atom stereocenters. The van der Waals surface area contributed by atoms with Gasteiger partial charge in [-0.25, -0.2) is 9.78 Å². The molecule has 0 radical (unpaired) electrons. The van der Waals surface area contributed by atoms with E-state index in [0.717, 1.165) is 11.0 Å². The third-order valence-electron chi connectivity index (χ3n) is 3.68. The number of urea groups is 1. The summed E-state index contributed by atoms with van der Waals surface area (Å²) in [6.45, 7) is -0.0810.